The summed E-state index contributed by atoms with van der Waals surface area (Å²) in [7, 11) is 1.40. The predicted molar refractivity (Wildman–Crippen MR) is 100 cm³/mol. The number of hydrogen-bond donors (Lipinski definition) is 3. The van der Waals surface area contributed by atoms with E-state index in [1.54, 1.807) is 6.92 Å². The summed E-state index contributed by atoms with van der Waals surface area (Å²) in [5.41, 5.74) is 5.32. The molecule has 1 rings (SSSR count). The molecule has 0 aliphatic heterocycles. The summed E-state index contributed by atoms with van der Waals surface area (Å²) in [4.78, 5) is 33.7. The highest BCUT2D eigenvalue weighted by Gasteiger charge is 2.20. The zero-order valence-corrected chi connectivity index (χ0v) is 16.0. The number of carbonyl (C=O) groups is 2. The van der Waals surface area contributed by atoms with Gasteiger partial charge in [-0.1, -0.05) is 0 Å². The quantitative estimate of drug-likeness (QED) is 0.268. The zero-order valence-electron chi connectivity index (χ0n) is 16.0. The molecule has 0 aliphatic rings. The van der Waals surface area contributed by atoms with E-state index < -0.39 is 11.0 Å². The molecular weight excluding hydrogens is 372 g/mol. The molecule has 1 aromatic carbocycles. The van der Waals surface area contributed by atoms with Gasteiger partial charge >= 0.3 is 6.09 Å². The van der Waals surface area contributed by atoms with Crippen LogP contribution in [0.5, 0.6) is 11.5 Å². The van der Waals surface area contributed by atoms with E-state index in [4.69, 9.17) is 19.9 Å². The number of alkyl carbamates (subject to hydrolysis) is 1. The molecule has 1 aromatic rings. The van der Waals surface area contributed by atoms with Gasteiger partial charge in [0.05, 0.1) is 43.4 Å². The van der Waals surface area contributed by atoms with Crippen LogP contribution in [0, 0.1) is 10.1 Å². The van der Waals surface area contributed by atoms with Gasteiger partial charge in [0.2, 0.25) is 5.91 Å². The summed E-state index contributed by atoms with van der Waals surface area (Å²) in [5.74, 6) is 0.308. The van der Waals surface area contributed by atoms with Crippen LogP contribution in [0.15, 0.2) is 12.1 Å². The van der Waals surface area contributed by atoms with Crippen LogP contribution in [0.2, 0.25) is 0 Å². The Hall–Kier alpha value is -3.08. The van der Waals surface area contributed by atoms with Crippen molar-refractivity contribution < 1.29 is 28.7 Å². The number of methoxy groups -OCH3 is 1. The van der Waals surface area contributed by atoms with Gasteiger partial charge in [-0.25, -0.2) is 4.79 Å². The third-order valence-electron chi connectivity index (χ3n) is 3.53. The number of benzene rings is 1. The van der Waals surface area contributed by atoms with Crippen molar-refractivity contribution in [3.8, 4) is 11.5 Å². The maximum Gasteiger partial charge on any atom is 0.407 e. The van der Waals surface area contributed by atoms with E-state index in [0.717, 1.165) is 0 Å². The predicted octanol–water partition coefficient (Wildman–Crippen LogP) is 1.08. The highest BCUT2D eigenvalue weighted by Crippen LogP contribution is 2.34. The number of ether oxygens (including phenoxy) is 3. The lowest BCUT2D eigenvalue weighted by molar-refractivity contribution is -0.385. The normalized spacial score (nSPS) is 10.1. The van der Waals surface area contributed by atoms with Gasteiger partial charge in [0, 0.05) is 19.5 Å². The second kappa shape index (κ2) is 12.3. The molecule has 0 spiro atoms. The molecule has 156 valence electrons. The highest BCUT2D eigenvalue weighted by atomic mass is 16.6. The molecule has 0 atom stereocenters. The number of nitrogens with zero attached hydrogens (tertiary/aromatic N) is 1. The summed E-state index contributed by atoms with van der Waals surface area (Å²) in [6, 6.07) is 2.66. The molecule has 4 N–H and O–H groups in total. The third-order valence-corrected chi connectivity index (χ3v) is 3.53. The molecule has 2 amide bonds. The molecular formula is C17H26N4O7. The van der Waals surface area contributed by atoms with Gasteiger partial charge in [0.1, 0.15) is 0 Å². The van der Waals surface area contributed by atoms with Crippen molar-refractivity contribution in [3.63, 3.8) is 0 Å². The van der Waals surface area contributed by atoms with E-state index >= 15 is 0 Å². The Labute approximate surface area is 162 Å². The van der Waals surface area contributed by atoms with E-state index in [1.807, 2.05) is 0 Å². The Balaban J connectivity index is 2.78. The van der Waals surface area contributed by atoms with Crippen molar-refractivity contribution in [2.24, 2.45) is 5.73 Å². The molecule has 28 heavy (non-hydrogen) atoms. The molecule has 0 saturated heterocycles. The van der Waals surface area contributed by atoms with Crippen LogP contribution in [0.3, 0.4) is 0 Å². The molecule has 0 aliphatic carbocycles. The van der Waals surface area contributed by atoms with Gasteiger partial charge in [-0.2, -0.15) is 0 Å². The Kier molecular flexibility index (Phi) is 10.1. The first-order chi connectivity index (χ1) is 13.4. The lowest BCUT2D eigenvalue weighted by atomic mass is 10.1. The molecule has 11 heteroatoms. The molecule has 0 saturated carbocycles. The summed E-state index contributed by atoms with van der Waals surface area (Å²) in [5, 5.41) is 16.4. The van der Waals surface area contributed by atoms with Gasteiger partial charge in [-0.15, -0.1) is 0 Å². The van der Waals surface area contributed by atoms with E-state index in [1.165, 1.54) is 19.2 Å². The van der Waals surface area contributed by atoms with E-state index in [-0.39, 0.29) is 54.8 Å². The molecule has 0 fully saturated rings. The first-order valence-corrected chi connectivity index (χ1v) is 8.78. The Morgan fingerprint density at radius 2 is 2.00 bits per heavy atom. The van der Waals surface area contributed by atoms with E-state index in [2.05, 4.69) is 10.6 Å². The van der Waals surface area contributed by atoms with Crippen molar-refractivity contribution in [1.82, 2.24) is 10.6 Å². The monoisotopic (exact) mass is 398 g/mol. The van der Waals surface area contributed by atoms with Gasteiger partial charge in [0.25, 0.3) is 5.69 Å². The molecule has 0 radical (unpaired) electrons. The molecule has 11 nitrogen and oxygen atoms in total. The number of nitro benzene ring substituents is 1. The molecule has 0 heterocycles. The first-order valence-electron chi connectivity index (χ1n) is 8.78. The SMILES string of the molecule is CCOC(=O)NCc1cc(OC)c(OCCCC(=O)NCCN)cc1[N+](=O)[O-]. The second-order valence-electron chi connectivity index (χ2n) is 5.55. The summed E-state index contributed by atoms with van der Waals surface area (Å²) in [6.07, 6.45) is -0.0186. The Bertz CT molecular complexity index is 682. The number of nitrogens with one attached hydrogen (secondary N) is 2. The Morgan fingerprint density at radius 3 is 2.61 bits per heavy atom. The third kappa shape index (κ3) is 7.66. The van der Waals surface area contributed by atoms with Crippen molar-refractivity contribution in [2.45, 2.75) is 26.3 Å². The summed E-state index contributed by atoms with van der Waals surface area (Å²) < 4.78 is 15.5. The van der Waals surface area contributed by atoms with Gasteiger partial charge in [-0.05, 0) is 19.4 Å². The minimum atomic E-state index is -0.677. The van der Waals surface area contributed by atoms with Crippen LogP contribution in [-0.2, 0) is 16.1 Å². The fourth-order valence-corrected chi connectivity index (χ4v) is 2.24. The minimum absolute atomic E-state index is 0.104. The minimum Gasteiger partial charge on any atom is -0.493 e. The van der Waals surface area contributed by atoms with Gasteiger partial charge in [0.15, 0.2) is 11.5 Å². The topological polar surface area (TPSA) is 155 Å². The lowest BCUT2D eigenvalue weighted by Gasteiger charge is -2.13. The number of nitro groups is 1. The van der Waals surface area contributed by atoms with Crippen molar-refractivity contribution in [2.75, 3.05) is 33.4 Å². The van der Waals surface area contributed by atoms with Crippen LogP contribution >= 0.6 is 0 Å². The number of carbonyl (C=O) groups excluding carboxylic acids is 2. The summed E-state index contributed by atoms with van der Waals surface area (Å²) in [6.45, 7) is 2.67. The smallest absolute Gasteiger partial charge is 0.407 e. The standard InChI is InChI=1S/C17H26N4O7/c1-3-27-17(23)20-11-12-9-14(26-2)15(10-13(12)21(24)25)28-8-4-5-16(22)19-7-6-18/h9-10H,3-8,11,18H2,1-2H3,(H,19,22)(H,20,23). The fraction of sp³-hybridized carbons (Fsp3) is 0.529. The van der Waals surface area contributed by atoms with Crippen LogP contribution in [0.25, 0.3) is 0 Å². The maximum absolute atomic E-state index is 11.5. The van der Waals surface area contributed by atoms with Crippen molar-refractivity contribution in [1.29, 1.82) is 0 Å². The van der Waals surface area contributed by atoms with Crippen LogP contribution in [0.1, 0.15) is 25.3 Å². The highest BCUT2D eigenvalue weighted by molar-refractivity contribution is 5.75. The lowest BCUT2D eigenvalue weighted by Crippen LogP contribution is -2.29. The average molecular weight is 398 g/mol. The van der Waals surface area contributed by atoms with Crippen molar-refractivity contribution >= 4 is 17.7 Å². The number of rotatable bonds is 12. The molecule has 0 bridgehead atoms. The fourth-order valence-electron chi connectivity index (χ4n) is 2.24. The molecule has 0 unspecified atom stereocenters. The Morgan fingerprint density at radius 1 is 1.25 bits per heavy atom. The summed E-state index contributed by atoms with van der Waals surface area (Å²) >= 11 is 0. The van der Waals surface area contributed by atoms with Gasteiger partial charge in [-0.3, -0.25) is 14.9 Å². The van der Waals surface area contributed by atoms with Crippen LogP contribution in [-0.4, -0.2) is 50.3 Å². The van der Waals surface area contributed by atoms with E-state index in [0.29, 0.717) is 19.5 Å². The first kappa shape index (κ1) is 23.0. The second-order valence-corrected chi connectivity index (χ2v) is 5.55. The van der Waals surface area contributed by atoms with Crippen molar-refractivity contribution in [3.05, 3.63) is 27.8 Å². The molecule has 0 aromatic heterocycles. The maximum atomic E-state index is 11.5. The zero-order chi connectivity index (χ0) is 20.9. The largest absolute Gasteiger partial charge is 0.493 e. The average Bonchev–Trinajstić information content (AvgIpc) is 2.67. The number of nitrogens with two attached hydrogens (primary N) is 1. The number of amides is 2. The van der Waals surface area contributed by atoms with Gasteiger partial charge < -0.3 is 30.6 Å². The van der Waals surface area contributed by atoms with Crippen LogP contribution in [0.4, 0.5) is 10.5 Å². The van der Waals surface area contributed by atoms with E-state index in [9.17, 15) is 19.7 Å². The van der Waals surface area contributed by atoms with Crippen LogP contribution < -0.4 is 25.8 Å². The number of hydrogen-bond acceptors (Lipinski definition) is 8.